The van der Waals surface area contributed by atoms with Gasteiger partial charge in [-0.3, -0.25) is 4.90 Å². The van der Waals surface area contributed by atoms with E-state index in [2.05, 4.69) is 32.6 Å². The van der Waals surface area contributed by atoms with Crippen molar-refractivity contribution in [2.24, 2.45) is 11.7 Å². The van der Waals surface area contributed by atoms with Crippen LogP contribution in [0.2, 0.25) is 0 Å². The fourth-order valence-corrected chi connectivity index (χ4v) is 1.40. The van der Waals surface area contributed by atoms with E-state index < -0.39 is 0 Å². The second kappa shape index (κ2) is 8.21. The van der Waals surface area contributed by atoms with Gasteiger partial charge in [0.05, 0.1) is 13.2 Å². The molecule has 0 bridgehead atoms. The third-order valence-corrected chi connectivity index (χ3v) is 2.11. The molecule has 0 amide bonds. The third-order valence-electron chi connectivity index (χ3n) is 2.11. The van der Waals surface area contributed by atoms with E-state index in [1.807, 2.05) is 0 Å². The first-order valence-electron chi connectivity index (χ1n) is 5.59. The van der Waals surface area contributed by atoms with Crippen LogP contribution >= 0.6 is 0 Å². The monoisotopic (exact) mass is 202 g/mol. The van der Waals surface area contributed by atoms with Crippen LogP contribution in [0.3, 0.4) is 0 Å². The number of nitrogens with two attached hydrogens (primary N) is 1. The molecule has 0 unspecified atom stereocenters. The molecule has 0 aliphatic carbocycles. The first-order chi connectivity index (χ1) is 6.57. The first-order valence-corrected chi connectivity index (χ1v) is 5.59. The van der Waals surface area contributed by atoms with Crippen molar-refractivity contribution in [1.82, 2.24) is 4.90 Å². The van der Waals surface area contributed by atoms with E-state index >= 15 is 0 Å². The molecule has 2 N–H and O–H groups in total. The van der Waals surface area contributed by atoms with Crippen LogP contribution in [0.1, 0.15) is 27.7 Å². The molecule has 14 heavy (non-hydrogen) atoms. The van der Waals surface area contributed by atoms with Crippen LogP contribution in [0, 0.1) is 5.92 Å². The molecule has 0 heterocycles. The first kappa shape index (κ1) is 13.9. The largest absolute Gasteiger partial charge is 0.379 e. The summed E-state index contributed by atoms with van der Waals surface area (Å²) in [6.07, 6.45) is 0. The molecule has 0 atom stereocenters. The molecule has 0 aromatic rings. The molecule has 0 radical (unpaired) electrons. The zero-order valence-electron chi connectivity index (χ0n) is 10.1. The second-order valence-corrected chi connectivity index (χ2v) is 4.38. The van der Waals surface area contributed by atoms with Gasteiger partial charge in [0.25, 0.3) is 0 Å². The Bertz CT molecular complexity index is 126. The Labute approximate surface area is 88.6 Å². The molecule has 0 fully saturated rings. The molecule has 0 spiro atoms. The van der Waals surface area contributed by atoms with Crippen molar-refractivity contribution in [3.05, 3.63) is 0 Å². The van der Waals surface area contributed by atoms with Crippen molar-refractivity contribution < 1.29 is 4.74 Å². The molecular formula is C11H26N2O. The summed E-state index contributed by atoms with van der Waals surface area (Å²) in [6, 6.07) is 0.596. The van der Waals surface area contributed by atoms with E-state index in [0.717, 1.165) is 19.7 Å². The molecule has 0 aromatic heterocycles. The SMILES string of the molecule is CC(C)CN(CCOCCN)C(C)C. The van der Waals surface area contributed by atoms with Gasteiger partial charge in [0.2, 0.25) is 0 Å². The summed E-state index contributed by atoms with van der Waals surface area (Å²) < 4.78 is 5.38. The smallest absolute Gasteiger partial charge is 0.0594 e. The van der Waals surface area contributed by atoms with Crippen molar-refractivity contribution in [3.8, 4) is 0 Å². The van der Waals surface area contributed by atoms with Crippen LogP contribution < -0.4 is 5.73 Å². The zero-order chi connectivity index (χ0) is 11.0. The highest BCUT2D eigenvalue weighted by atomic mass is 16.5. The molecule has 86 valence electrons. The highest BCUT2D eigenvalue weighted by Crippen LogP contribution is 2.03. The van der Waals surface area contributed by atoms with Crippen LogP contribution in [0.5, 0.6) is 0 Å². The van der Waals surface area contributed by atoms with Crippen LogP contribution in [0.4, 0.5) is 0 Å². The number of ether oxygens (including phenoxy) is 1. The maximum Gasteiger partial charge on any atom is 0.0594 e. The Morgan fingerprint density at radius 3 is 2.21 bits per heavy atom. The molecule has 0 aromatic carbocycles. The Balaban J connectivity index is 3.63. The molecular weight excluding hydrogens is 176 g/mol. The Hall–Kier alpha value is -0.120. The lowest BCUT2D eigenvalue weighted by atomic mass is 10.2. The van der Waals surface area contributed by atoms with Gasteiger partial charge in [-0.2, -0.15) is 0 Å². The van der Waals surface area contributed by atoms with Gasteiger partial charge in [0.15, 0.2) is 0 Å². The van der Waals surface area contributed by atoms with Crippen molar-refractivity contribution in [1.29, 1.82) is 0 Å². The van der Waals surface area contributed by atoms with Gasteiger partial charge in [0.1, 0.15) is 0 Å². The lowest BCUT2D eigenvalue weighted by Crippen LogP contribution is -2.37. The van der Waals surface area contributed by atoms with Crippen molar-refractivity contribution >= 4 is 0 Å². The predicted octanol–water partition coefficient (Wildman–Crippen LogP) is 1.33. The zero-order valence-corrected chi connectivity index (χ0v) is 10.1. The van der Waals surface area contributed by atoms with Crippen LogP contribution in [-0.2, 0) is 4.74 Å². The van der Waals surface area contributed by atoms with Gasteiger partial charge in [-0.1, -0.05) is 13.8 Å². The summed E-state index contributed by atoms with van der Waals surface area (Å²) >= 11 is 0. The van der Waals surface area contributed by atoms with Crippen molar-refractivity contribution in [2.45, 2.75) is 33.7 Å². The maximum absolute atomic E-state index is 5.38. The minimum absolute atomic E-state index is 0.596. The Morgan fingerprint density at radius 2 is 1.79 bits per heavy atom. The molecule has 3 nitrogen and oxygen atoms in total. The van der Waals surface area contributed by atoms with E-state index in [0.29, 0.717) is 25.1 Å². The average Bonchev–Trinajstić information content (AvgIpc) is 2.09. The minimum atomic E-state index is 0.596. The Kier molecular flexibility index (Phi) is 8.14. The van der Waals surface area contributed by atoms with Gasteiger partial charge in [0, 0.05) is 25.7 Å². The number of hydrogen-bond donors (Lipinski definition) is 1. The van der Waals surface area contributed by atoms with Crippen LogP contribution in [-0.4, -0.2) is 43.8 Å². The summed E-state index contributed by atoms with van der Waals surface area (Å²) in [5.74, 6) is 0.715. The lowest BCUT2D eigenvalue weighted by molar-refractivity contribution is 0.0916. The van der Waals surface area contributed by atoms with E-state index in [1.54, 1.807) is 0 Å². The van der Waals surface area contributed by atoms with Crippen LogP contribution in [0.25, 0.3) is 0 Å². The molecule has 0 aliphatic heterocycles. The van der Waals surface area contributed by atoms with E-state index in [1.165, 1.54) is 0 Å². The predicted molar refractivity (Wildman–Crippen MR) is 61.4 cm³/mol. The molecule has 0 rings (SSSR count). The normalized spacial score (nSPS) is 12.0. The lowest BCUT2D eigenvalue weighted by Gasteiger charge is -2.27. The number of nitrogens with zero attached hydrogens (tertiary/aromatic N) is 1. The fraction of sp³-hybridized carbons (Fsp3) is 1.00. The topological polar surface area (TPSA) is 38.5 Å². The maximum atomic E-state index is 5.38. The summed E-state index contributed by atoms with van der Waals surface area (Å²) in [6.45, 7) is 13.2. The van der Waals surface area contributed by atoms with Crippen molar-refractivity contribution in [3.63, 3.8) is 0 Å². The van der Waals surface area contributed by atoms with Crippen molar-refractivity contribution in [2.75, 3.05) is 32.8 Å². The average molecular weight is 202 g/mol. The highest BCUT2D eigenvalue weighted by molar-refractivity contribution is 4.64. The molecule has 0 saturated carbocycles. The van der Waals surface area contributed by atoms with Gasteiger partial charge in [-0.25, -0.2) is 0 Å². The number of rotatable bonds is 8. The summed E-state index contributed by atoms with van der Waals surface area (Å²) in [4.78, 5) is 2.45. The standard InChI is InChI=1S/C11H26N2O/c1-10(2)9-13(11(3)4)6-8-14-7-5-12/h10-11H,5-9,12H2,1-4H3. The quantitative estimate of drug-likeness (QED) is 0.603. The van der Waals surface area contributed by atoms with Gasteiger partial charge in [-0.05, 0) is 19.8 Å². The van der Waals surface area contributed by atoms with Crippen LogP contribution in [0.15, 0.2) is 0 Å². The van der Waals surface area contributed by atoms with Gasteiger partial charge in [-0.15, -0.1) is 0 Å². The second-order valence-electron chi connectivity index (χ2n) is 4.38. The molecule has 3 heteroatoms. The highest BCUT2D eigenvalue weighted by Gasteiger charge is 2.10. The van der Waals surface area contributed by atoms with Gasteiger partial charge < -0.3 is 10.5 Å². The molecule has 0 aliphatic rings. The van der Waals surface area contributed by atoms with Gasteiger partial charge >= 0.3 is 0 Å². The van der Waals surface area contributed by atoms with E-state index in [9.17, 15) is 0 Å². The number of hydrogen-bond acceptors (Lipinski definition) is 3. The fourth-order valence-electron chi connectivity index (χ4n) is 1.40. The summed E-state index contributed by atoms with van der Waals surface area (Å²) in [5.41, 5.74) is 5.35. The van der Waals surface area contributed by atoms with E-state index in [-0.39, 0.29) is 0 Å². The summed E-state index contributed by atoms with van der Waals surface area (Å²) in [7, 11) is 0. The minimum Gasteiger partial charge on any atom is -0.379 e. The Morgan fingerprint density at radius 1 is 1.14 bits per heavy atom. The van der Waals surface area contributed by atoms with E-state index in [4.69, 9.17) is 10.5 Å². The third kappa shape index (κ3) is 7.30. The summed E-state index contributed by atoms with van der Waals surface area (Å²) in [5, 5.41) is 0. The molecule has 0 saturated heterocycles.